The Labute approximate surface area is 159 Å². The van der Waals surface area contributed by atoms with E-state index in [1.807, 2.05) is 19.3 Å². The molecule has 0 bridgehead atoms. The van der Waals surface area contributed by atoms with E-state index in [1.165, 1.54) is 9.88 Å². The molecule has 0 unspecified atom stereocenters. The van der Waals surface area contributed by atoms with Gasteiger partial charge in [0.2, 0.25) is 0 Å². The van der Waals surface area contributed by atoms with Crippen molar-refractivity contribution in [3.05, 3.63) is 34.1 Å². The summed E-state index contributed by atoms with van der Waals surface area (Å²) in [6, 6.07) is 1.93. The molecule has 142 valence electrons. The third-order valence-electron chi connectivity index (χ3n) is 4.37. The highest BCUT2D eigenvalue weighted by atomic mass is 32.1. The first-order valence-electron chi connectivity index (χ1n) is 9.15. The van der Waals surface area contributed by atoms with Gasteiger partial charge in [-0.2, -0.15) is 0 Å². The summed E-state index contributed by atoms with van der Waals surface area (Å²) < 4.78 is 4.91. The molecule has 0 radical (unpaired) electrons. The van der Waals surface area contributed by atoms with Gasteiger partial charge in [-0.05, 0) is 5.92 Å². The van der Waals surface area contributed by atoms with Crippen LogP contribution in [-0.4, -0.2) is 59.1 Å². The van der Waals surface area contributed by atoms with Crippen molar-refractivity contribution in [1.29, 1.82) is 0 Å². The minimum absolute atomic E-state index is 0.642. The molecule has 0 amide bonds. The summed E-state index contributed by atoms with van der Waals surface area (Å²) >= 11 is 1.79. The third kappa shape index (κ3) is 5.28. The summed E-state index contributed by atoms with van der Waals surface area (Å²) in [6.45, 7) is 9.97. The summed E-state index contributed by atoms with van der Waals surface area (Å²) in [4.78, 5) is 14.9. The monoisotopic (exact) mass is 376 g/mol. The van der Waals surface area contributed by atoms with Gasteiger partial charge >= 0.3 is 0 Å². The van der Waals surface area contributed by atoms with Crippen LogP contribution in [0.5, 0.6) is 0 Å². The fraction of sp³-hybridized carbons (Fsp3) is 0.611. The van der Waals surface area contributed by atoms with E-state index in [9.17, 15) is 0 Å². The molecule has 3 rings (SSSR count). The average molecular weight is 377 g/mol. The summed E-state index contributed by atoms with van der Waals surface area (Å²) in [5.74, 6) is 1.60. The van der Waals surface area contributed by atoms with Crippen molar-refractivity contribution >= 4 is 17.3 Å². The zero-order valence-corrected chi connectivity index (χ0v) is 16.6. The number of hydrogen-bond acceptors (Lipinski definition) is 6. The van der Waals surface area contributed by atoms with E-state index in [1.54, 1.807) is 17.6 Å². The Morgan fingerprint density at radius 1 is 1.35 bits per heavy atom. The van der Waals surface area contributed by atoms with E-state index in [4.69, 9.17) is 4.52 Å². The van der Waals surface area contributed by atoms with Crippen LogP contribution in [0.4, 0.5) is 0 Å². The Balaban J connectivity index is 1.45. The molecule has 1 saturated heterocycles. The standard InChI is InChI=1S/C18H28N6OS/c1-14(2)10-17-20-11-16(26-17)12-21-18(19-3)24-7-5-23(6-8-24)13-15-4-9-25-22-15/h4,9,11,14H,5-8,10,12-13H2,1-3H3,(H,19,21). The first kappa shape index (κ1) is 18.8. The maximum Gasteiger partial charge on any atom is 0.194 e. The summed E-state index contributed by atoms with van der Waals surface area (Å²) in [5.41, 5.74) is 0.989. The quantitative estimate of drug-likeness (QED) is 0.616. The first-order chi connectivity index (χ1) is 12.6. The highest BCUT2D eigenvalue weighted by Gasteiger charge is 2.20. The van der Waals surface area contributed by atoms with Crippen molar-refractivity contribution in [3.8, 4) is 0 Å². The molecule has 0 saturated carbocycles. The zero-order chi connectivity index (χ0) is 18.4. The van der Waals surface area contributed by atoms with E-state index in [0.29, 0.717) is 5.92 Å². The number of rotatable bonds is 6. The number of nitrogens with one attached hydrogen (secondary N) is 1. The number of nitrogens with zero attached hydrogens (tertiary/aromatic N) is 5. The Morgan fingerprint density at radius 3 is 2.81 bits per heavy atom. The van der Waals surface area contributed by atoms with Crippen molar-refractivity contribution in [2.24, 2.45) is 10.9 Å². The van der Waals surface area contributed by atoms with Gasteiger partial charge in [-0.25, -0.2) is 4.98 Å². The summed E-state index contributed by atoms with van der Waals surface area (Å²) in [6.07, 6.45) is 4.66. The van der Waals surface area contributed by atoms with Gasteiger partial charge in [0.25, 0.3) is 0 Å². The molecule has 0 atom stereocenters. The minimum Gasteiger partial charge on any atom is -0.364 e. The molecule has 0 aromatic carbocycles. The molecule has 7 nitrogen and oxygen atoms in total. The van der Waals surface area contributed by atoms with Gasteiger partial charge in [-0.15, -0.1) is 11.3 Å². The number of thiazole rings is 1. The molecule has 0 aliphatic carbocycles. The number of guanidine groups is 1. The molecule has 1 fully saturated rings. The lowest BCUT2D eigenvalue weighted by Crippen LogP contribution is -2.52. The molecule has 2 aromatic rings. The maximum absolute atomic E-state index is 4.91. The lowest BCUT2D eigenvalue weighted by molar-refractivity contribution is 0.169. The smallest absolute Gasteiger partial charge is 0.194 e. The Kier molecular flexibility index (Phi) is 6.62. The second-order valence-corrected chi connectivity index (χ2v) is 8.17. The Hall–Kier alpha value is -1.93. The van der Waals surface area contributed by atoms with Crippen molar-refractivity contribution in [2.45, 2.75) is 33.4 Å². The lowest BCUT2D eigenvalue weighted by atomic mass is 10.1. The molecular formula is C18H28N6OS. The van der Waals surface area contributed by atoms with Crippen LogP contribution in [0, 0.1) is 5.92 Å². The van der Waals surface area contributed by atoms with Gasteiger partial charge in [0, 0.05) is 63.3 Å². The molecule has 1 N–H and O–H groups in total. The largest absolute Gasteiger partial charge is 0.364 e. The van der Waals surface area contributed by atoms with Gasteiger partial charge in [0.05, 0.1) is 17.2 Å². The van der Waals surface area contributed by atoms with Crippen molar-refractivity contribution in [3.63, 3.8) is 0 Å². The number of piperazine rings is 1. The van der Waals surface area contributed by atoms with Crippen LogP contribution < -0.4 is 5.32 Å². The average Bonchev–Trinajstić information content (AvgIpc) is 3.28. The van der Waals surface area contributed by atoms with Gasteiger partial charge in [0.1, 0.15) is 6.26 Å². The molecular weight excluding hydrogens is 348 g/mol. The lowest BCUT2D eigenvalue weighted by Gasteiger charge is -2.36. The van der Waals surface area contributed by atoms with Gasteiger partial charge in [0.15, 0.2) is 5.96 Å². The summed E-state index contributed by atoms with van der Waals surface area (Å²) in [7, 11) is 1.85. The predicted molar refractivity (Wildman–Crippen MR) is 104 cm³/mol. The summed E-state index contributed by atoms with van der Waals surface area (Å²) in [5, 5.41) is 8.69. The second-order valence-electron chi connectivity index (χ2n) is 6.97. The van der Waals surface area contributed by atoms with E-state index in [2.05, 4.69) is 44.1 Å². The van der Waals surface area contributed by atoms with Crippen LogP contribution in [0.2, 0.25) is 0 Å². The van der Waals surface area contributed by atoms with Crippen molar-refractivity contribution in [2.75, 3.05) is 33.2 Å². The molecule has 1 aliphatic rings. The van der Waals surface area contributed by atoms with Gasteiger partial charge < -0.3 is 14.7 Å². The van der Waals surface area contributed by atoms with Crippen LogP contribution >= 0.6 is 11.3 Å². The number of aromatic nitrogens is 2. The van der Waals surface area contributed by atoms with Crippen molar-refractivity contribution < 1.29 is 4.52 Å². The minimum atomic E-state index is 0.642. The van der Waals surface area contributed by atoms with E-state index in [-0.39, 0.29) is 0 Å². The van der Waals surface area contributed by atoms with Crippen LogP contribution in [0.15, 0.2) is 28.0 Å². The highest BCUT2D eigenvalue weighted by Crippen LogP contribution is 2.16. The van der Waals surface area contributed by atoms with E-state index >= 15 is 0 Å². The van der Waals surface area contributed by atoms with Crippen LogP contribution in [0.1, 0.15) is 29.4 Å². The normalized spacial score (nSPS) is 16.5. The van der Waals surface area contributed by atoms with Crippen LogP contribution in [0.3, 0.4) is 0 Å². The van der Waals surface area contributed by atoms with Crippen molar-refractivity contribution in [1.82, 2.24) is 25.3 Å². The zero-order valence-electron chi connectivity index (χ0n) is 15.8. The van der Waals surface area contributed by atoms with E-state index < -0.39 is 0 Å². The maximum atomic E-state index is 4.91. The molecule has 1 aliphatic heterocycles. The fourth-order valence-corrected chi connectivity index (χ4v) is 4.11. The first-order valence-corrected chi connectivity index (χ1v) is 9.96. The predicted octanol–water partition coefficient (Wildman–Crippen LogP) is 2.22. The van der Waals surface area contributed by atoms with Crippen LogP contribution in [0.25, 0.3) is 0 Å². The third-order valence-corrected chi connectivity index (χ3v) is 5.39. The molecule has 0 spiro atoms. The Morgan fingerprint density at radius 2 is 2.15 bits per heavy atom. The fourth-order valence-electron chi connectivity index (χ4n) is 3.04. The molecule has 8 heteroatoms. The Bertz CT molecular complexity index is 688. The highest BCUT2D eigenvalue weighted by molar-refractivity contribution is 7.11. The van der Waals surface area contributed by atoms with E-state index in [0.717, 1.165) is 57.3 Å². The van der Waals surface area contributed by atoms with Crippen LogP contribution in [-0.2, 0) is 19.5 Å². The topological polar surface area (TPSA) is 69.8 Å². The van der Waals surface area contributed by atoms with Gasteiger partial charge in [-0.1, -0.05) is 19.0 Å². The number of hydrogen-bond donors (Lipinski definition) is 1. The SMILES string of the molecule is CN=C(NCc1cnc(CC(C)C)s1)N1CCN(Cc2ccon2)CC1. The number of aliphatic imine (C=N–C) groups is 1. The second kappa shape index (κ2) is 9.14. The van der Waals surface area contributed by atoms with Gasteiger partial charge in [-0.3, -0.25) is 9.89 Å². The molecule has 2 aromatic heterocycles. The molecule has 26 heavy (non-hydrogen) atoms. The molecule has 3 heterocycles.